The maximum Gasteiger partial charge on any atom is 0.454 e. The summed E-state index contributed by atoms with van der Waals surface area (Å²) in [6.07, 6.45) is -6.31. The Hall–Kier alpha value is -1.80. The van der Waals surface area contributed by atoms with Crippen molar-refractivity contribution in [2.24, 2.45) is 0 Å². The first kappa shape index (κ1) is 16.3. The average Bonchev–Trinajstić information content (AvgIpc) is 2.28. The lowest BCUT2D eigenvalue weighted by Crippen LogP contribution is -2.52. The molecule has 9 heteroatoms. The van der Waals surface area contributed by atoms with Gasteiger partial charge in [0.15, 0.2) is 0 Å². The number of benzene rings is 1. The Balaban J connectivity index is 3.49. The molecule has 1 N–H and O–H groups in total. The van der Waals surface area contributed by atoms with Crippen molar-refractivity contribution in [2.75, 3.05) is 0 Å². The van der Waals surface area contributed by atoms with Crippen molar-refractivity contribution < 1.29 is 40.6 Å². The van der Waals surface area contributed by atoms with Gasteiger partial charge in [0.05, 0.1) is 0 Å². The number of halogens is 7. The Kier molecular flexibility index (Phi) is 4.02. The molecular formula is C11H7F7O2. The first-order valence-corrected chi connectivity index (χ1v) is 5.03. The molecule has 0 bridgehead atoms. The Morgan fingerprint density at radius 2 is 1.40 bits per heavy atom. The predicted molar refractivity (Wildman–Crippen MR) is 52.8 cm³/mol. The zero-order valence-corrected chi connectivity index (χ0v) is 9.47. The second-order valence-corrected chi connectivity index (χ2v) is 3.89. The lowest BCUT2D eigenvalue weighted by atomic mass is 9.86. The molecule has 0 saturated heterocycles. The third-order valence-electron chi connectivity index (χ3n) is 2.52. The van der Waals surface area contributed by atoms with Crippen molar-refractivity contribution in [1.29, 1.82) is 0 Å². The molecule has 1 unspecified atom stereocenters. The second-order valence-electron chi connectivity index (χ2n) is 3.89. The van der Waals surface area contributed by atoms with E-state index in [0.29, 0.717) is 12.1 Å². The van der Waals surface area contributed by atoms with Crippen LogP contribution in [0.15, 0.2) is 30.3 Å². The van der Waals surface area contributed by atoms with Crippen LogP contribution in [0.1, 0.15) is 11.5 Å². The van der Waals surface area contributed by atoms with Crippen molar-refractivity contribution in [1.82, 2.24) is 0 Å². The quantitative estimate of drug-likeness (QED) is 0.861. The van der Waals surface area contributed by atoms with Crippen molar-refractivity contribution in [2.45, 2.75) is 23.9 Å². The number of hydrogen-bond acceptors (Lipinski definition) is 1. The summed E-state index contributed by atoms with van der Waals surface area (Å²) >= 11 is 0. The molecule has 0 aromatic heterocycles. The molecule has 1 aromatic carbocycles. The van der Waals surface area contributed by atoms with Gasteiger partial charge in [-0.2, -0.15) is 30.7 Å². The van der Waals surface area contributed by atoms with E-state index in [1.807, 2.05) is 0 Å². The van der Waals surface area contributed by atoms with Crippen LogP contribution >= 0.6 is 0 Å². The lowest BCUT2D eigenvalue weighted by Gasteiger charge is -2.32. The minimum atomic E-state index is -6.31. The van der Waals surface area contributed by atoms with E-state index in [-0.39, 0.29) is 0 Å². The Bertz CT molecular complexity index is 481. The number of alkyl halides is 7. The number of carboxylic acid groups (broad SMARTS) is 1. The highest BCUT2D eigenvalue weighted by atomic mass is 19.4. The molecule has 0 fully saturated rings. The van der Waals surface area contributed by atoms with Crippen molar-refractivity contribution in [3.05, 3.63) is 35.9 Å². The third kappa shape index (κ3) is 2.70. The van der Waals surface area contributed by atoms with E-state index in [1.54, 1.807) is 0 Å². The van der Waals surface area contributed by atoms with Gasteiger partial charge in [-0.25, -0.2) is 4.79 Å². The minimum absolute atomic E-state index is 0.584. The summed E-state index contributed by atoms with van der Waals surface area (Å²) < 4.78 is 90.1. The first-order valence-electron chi connectivity index (χ1n) is 5.03. The van der Waals surface area contributed by atoms with Gasteiger partial charge >= 0.3 is 24.0 Å². The van der Waals surface area contributed by atoms with Crippen LogP contribution in [-0.4, -0.2) is 29.1 Å². The summed E-state index contributed by atoms with van der Waals surface area (Å²) in [5, 5.41) is 8.25. The van der Waals surface area contributed by atoms with Gasteiger partial charge in [0.2, 0.25) is 0 Å². The summed E-state index contributed by atoms with van der Waals surface area (Å²) in [5.41, 5.74) is -1.12. The fourth-order valence-electron chi connectivity index (χ4n) is 1.58. The Labute approximate surface area is 107 Å². The van der Waals surface area contributed by atoms with Gasteiger partial charge in [-0.15, -0.1) is 0 Å². The van der Waals surface area contributed by atoms with E-state index in [1.165, 1.54) is 6.07 Å². The fraction of sp³-hybridized carbons (Fsp3) is 0.364. The average molecular weight is 304 g/mol. The summed E-state index contributed by atoms with van der Waals surface area (Å²) in [4.78, 5) is 10.4. The molecular weight excluding hydrogens is 297 g/mol. The van der Waals surface area contributed by atoms with Crippen LogP contribution < -0.4 is 0 Å². The van der Waals surface area contributed by atoms with Crippen LogP contribution in [0.3, 0.4) is 0 Å². The summed E-state index contributed by atoms with van der Waals surface area (Å²) in [6, 6.07) is 4.27. The molecule has 1 rings (SSSR count). The van der Waals surface area contributed by atoms with Crippen LogP contribution in [0.4, 0.5) is 30.7 Å². The molecule has 2 nitrogen and oxygen atoms in total. The topological polar surface area (TPSA) is 37.3 Å². The van der Waals surface area contributed by atoms with Gasteiger partial charge < -0.3 is 5.11 Å². The monoisotopic (exact) mass is 304 g/mol. The van der Waals surface area contributed by atoms with E-state index in [0.717, 1.165) is 12.1 Å². The standard InChI is InChI=1S/C11H7F7O2/c12-9(13,8(19)20)7(6-4-2-1-3-5-6)10(14,15)11(16,17)18/h1-5,7H,(H,19,20). The predicted octanol–water partition coefficient (Wildman–Crippen LogP) is 3.69. The zero-order chi connectivity index (χ0) is 15.8. The van der Waals surface area contributed by atoms with Crippen molar-refractivity contribution in [3.8, 4) is 0 Å². The van der Waals surface area contributed by atoms with E-state index in [2.05, 4.69) is 0 Å². The maximum atomic E-state index is 13.3. The molecule has 112 valence electrons. The number of rotatable bonds is 4. The number of hydrogen-bond donors (Lipinski definition) is 1. The molecule has 0 saturated carbocycles. The molecule has 0 spiro atoms. The van der Waals surface area contributed by atoms with Crippen molar-refractivity contribution >= 4 is 5.97 Å². The van der Waals surface area contributed by atoms with E-state index >= 15 is 0 Å². The van der Waals surface area contributed by atoms with Crippen molar-refractivity contribution in [3.63, 3.8) is 0 Å². The summed E-state index contributed by atoms with van der Waals surface area (Å²) in [5.74, 6) is -18.1. The molecule has 0 aliphatic carbocycles. The highest BCUT2D eigenvalue weighted by molar-refractivity contribution is 5.77. The van der Waals surface area contributed by atoms with Crippen LogP contribution in [0, 0.1) is 0 Å². The van der Waals surface area contributed by atoms with Gasteiger partial charge in [-0.1, -0.05) is 30.3 Å². The van der Waals surface area contributed by atoms with Crippen LogP contribution in [0.2, 0.25) is 0 Å². The SMILES string of the molecule is O=C(O)C(F)(F)C(c1ccccc1)C(F)(F)C(F)(F)F. The Morgan fingerprint density at radius 1 is 0.950 bits per heavy atom. The highest BCUT2D eigenvalue weighted by Gasteiger charge is 2.71. The molecule has 1 atom stereocenters. The van der Waals surface area contributed by atoms with Gasteiger partial charge in [0.1, 0.15) is 5.92 Å². The smallest absolute Gasteiger partial charge is 0.454 e. The van der Waals surface area contributed by atoms with Gasteiger partial charge in [0.25, 0.3) is 0 Å². The Morgan fingerprint density at radius 3 is 1.75 bits per heavy atom. The maximum absolute atomic E-state index is 13.3. The van der Waals surface area contributed by atoms with E-state index < -0.39 is 35.5 Å². The molecule has 0 aliphatic rings. The third-order valence-corrected chi connectivity index (χ3v) is 2.52. The van der Waals surface area contributed by atoms with Gasteiger partial charge in [-0.3, -0.25) is 0 Å². The van der Waals surface area contributed by atoms with Crippen LogP contribution in [0.5, 0.6) is 0 Å². The van der Waals surface area contributed by atoms with E-state index in [9.17, 15) is 35.5 Å². The number of carboxylic acids is 1. The van der Waals surface area contributed by atoms with E-state index in [4.69, 9.17) is 5.11 Å². The molecule has 0 amide bonds. The molecule has 1 aromatic rings. The fourth-order valence-corrected chi connectivity index (χ4v) is 1.58. The number of aliphatic carboxylic acids is 1. The zero-order valence-electron chi connectivity index (χ0n) is 9.47. The van der Waals surface area contributed by atoms with Gasteiger partial charge in [-0.05, 0) is 5.56 Å². The summed E-state index contributed by atoms with van der Waals surface area (Å²) in [7, 11) is 0. The molecule has 0 aliphatic heterocycles. The summed E-state index contributed by atoms with van der Waals surface area (Å²) in [6.45, 7) is 0. The minimum Gasteiger partial charge on any atom is -0.477 e. The van der Waals surface area contributed by atoms with Crippen LogP contribution in [-0.2, 0) is 4.79 Å². The molecule has 0 heterocycles. The second kappa shape index (κ2) is 4.95. The number of carbonyl (C=O) groups is 1. The first-order chi connectivity index (χ1) is 8.92. The highest BCUT2D eigenvalue weighted by Crippen LogP contribution is 2.52. The molecule has 0 radical (unpaired) electrons. The molecule has 20 heavy (non-hydrogen) atoms. The normalized spacial score (nSPS) is 14.9. The van der Waals surface area contributed by atoms with Crippen LogP contribution in [0.25, 0.3) is 0 Å². The largest absolute Gasteiger partial charge is 0.477 e. The lowest BCUT2D eigenvalue weighted by molar-refractivity contribution is -0.309. The van der Waals surface area contributed by atoms with Gasteiger partial charge in [0, 0.05) is 0 Å².